The van der Waals surface area contributed by atoms with Gasteiger partial charge >= 0.3 is 0 Å². The fourth-order valence-corrected chi connectivity index (χ4v) is 2.06. The van der Waals surface area contributed by atoms with Crippen LogP contribution in [0.5, 0.6) is 0 Å². The topological polar surface area (TPSA) is 90.4 Å². The molecular formula is C16H14N4O. The first-order chi connectivity index (χ1) is 10.3. The number of nitrogens with zero attached hydrogens (tertiary/aromatic N) is 2. The number of hydrogen-bond donors (Lipinski definition) is 2. The van der Waals surface area contributed by atoms with Gasteiger partial charge in [-0.05, 0) is 11.1 Å². The van der Waals surface area contributed by atoms with E-state index in [1.807, 2.05) is 42.5 Å². The minimum absolute atomic E-state index is 0.144. The van der Waals surface area contributed by atoms with Crippen LogP contribution < -0.4 is 11.6 Å². The quantitative estimate of drug-likeness (QED) is 0.333. The molecule has 0 unspecified atom stereocenters. The molecule has 0 saturated heterocycles. The molecule has 5 heteroatoms. The average molecular weight is 278 g/mol. The van der Waals surface area contributed by atoms with Gasteiger partial charge in [0.05, 0.1) is 0 Å². The maximum atomic E-state index is 5.59. The fraction of sp³-hybridized carbons (Fsp3) is 0. The molecule has 104 valence electrons. The van der Waals surface area contributed by atoms with Crippen LogP contribution in [0.15, 0.2) is 70.3 Å². The lowest BCUT2D eigenvalue weighted by atomic mass is 10.0. The first-order valence-corrected chi connectivity index (χ1v) is 6.44. The molecule has 0 amide bonds. The van der Waals surface area contributed by atoms with Crippen molar-refractivity contribution in [2.75, 3.05) is 0 Å². The molecule has 3 aromatic rings. The summed E-state index contributed by atoms with van der Waals surface area (Å²) in [4.78, 5) is 0. The van der Waals surface area contributed by atoms with E-state index >= 15 is 0 Å². The molecule has 1 aromatic heterocycles. The zero-order valence-corrected chi connectivity index (χ0v) is 11.2. The fourth-order valence-electron chi connectivity index (χ4n) is 2.06. The van der Waals surface area contributed by atoms with Gasteiger partial charge in [0.15, 0.2) is 17.3 Å². The molecular weight excluding hydrogens is 264 g/mol. The van der Waals surface area contributed by atoms with Crippen molar-refractivity contribution in [3.8, 4) is 22.5 Å². The van der Waals surface area contributed by atoms with E-state index < -0.39 is 0 Å². The minimum atomic E-state index is 0.144. The van der Waals surface area contributed by atoms with Crippen molar-refractivity contribution in [3.05, 3.63) is 66.4 Å². The number of hydrazone groups is 1. The van der Waals surface area contributed by atoms with Crippen molar-refractivity contribution in [3.63, 3.8) is 0 Å². The van der Waals surface area contributed by atoms with Crippen molar-refractivity contribution in [2.45, 2.75) is 0 Å². The second-order valence-corrected chi connectivity index (χ2v) is 4.53. The molecule has 21 heavy (non-hydrogen) atoms. The Morgan fingerprint density at radius 2 is 1.52 bits per heavy atom. The Morgan fingerprint density at radius 1 is 0.905 bits per heavy atom. The number of hydrogen-bond acceptors (Lipinski definition) is 4. The molecule has 2 aromatic carbocycles. The molecule has 1 heterocycles. The molecule has 0 aliphatic carbocycles. The first-order valence-electron chi connectivity index (χ1n) is 6.44. The van der Waals surface area contributed by atoms with Crippen molar-refractivity contribution < 1.29 is 4.52 Å². The van der Waals surface area contributed by atoms with Gasteiger partial charge in [-0.25, -0.2) is 0 Å². The van der Waals surface area contributed by atoms with Crippen molar-refractivity contribution in [2.24, 2.45) is 16.7 Å². The highest BCUT2D eigenvalue weighted by molar-refractivity contribution is 5.96. The van der Waals surface area contributed by atoms with Gasteiger partial charge in [-0.2, -0.15) is 5.10 Å². The molecule has 0 fully saturated rings. The summed E-state index contributed by atoms with van der Waals surface area (Å²) in [6, 6.07) is 19.9. The Bertz CT molecular complexity index is 760. The second-order valence-electron chi connectivity index (χ2n) is 4.53. The molecule has 0 saturated carbocycles. The standard InChI is InChI=1S/C16H14N4O/c17-16(19-18)14-10-15(21-20-14)13-8-6-12(7-9-13)11-4-2-1-3-5-11/h1-10H,18H2,(H2,17,19). The van der Waals surface area contributed by atoms with E-state index in [1.165, 1.54) is 5.56 Å². The lowest BCUT2D eigenvalue weighted by Gasteiger charge is -2.02. The van der Waals surface area contributed by atoms with Crippen LogP contribution in [0.2, 0.25) is 0 Å². The van der Waals surface area contributed by atoms with E-state index in [1.54, 1.807) is 6.07 Å². The summed E-state index contributed by atoms with van der Waals surface area (Å²) in [5, 5.41) is 7.22. The predicted octanol–water partition coefficient (Wildman–Crippen LogP) is 2.59. The van der Waals surface area contributed by atoms with Gasteiger partial charge in [0, 0.05) is 11.6 Å². The van der Waals surface area contributed by atoms with Crippen LogP contribution in [0.3, 0.4) is 0 Å². The van der Waals surface area contributed by atoms with Crippen molar-refractivity contribution in [1.29, 1.82) is 0 Å². The number of benzene rings is 2. The molecule has 3 rings (SSSR count). The summed E-state index contributed by atoms with van der Waals surface area (Å²) in [6.07, 6.45) is 0. The van der Waals surface area contributed by atoms with Gasteiger partial charge in [-0.1, -0.05) is 59.8 Å². The third-order valence-electron chi connectivity index (χ3n) is 3.19. The number of amidine groups is 1. The Morgan fingerprint density at radius 3 is 2.19 bits per heavy atom. The zero-order valence-electron chi connectivity index (χ0n) is 11.2. The van der Waals surface area contributed by atoms with Gasteiger partial charge < -0.3 is 16.1 Å². The maximum Gasteiger partial charge on any atom is 0.172 e. The van der Waals surface area contributed by atoms with Crippen LogP contribution in [0.1, 0.15) is 5.69 Å². The summed E-state index contributed by atoms with van der Waals surface area (Å²) in [6.45, 7) is 0. The average Bonchev–Trinajstić information content (AvgIpc) is 3.05. The highest BCUT2D eigenvalue weighted by Gasteiger charge is 2.09. The molecule has 0 spiro atoms. The summed E-state index contributed by atoms with van der Waals surface area (Å²) in [5.41, 5.74) is 9.24. The summed E-state index contributed by atoms with van der Waals surface area (Å²) >= 11 is 0. The Labute approximate surface area is 121 Å². The van der Waals surface area contributed by atoms with E-state index in [9.17, 15) is 0 Å². The van der Waals surface area contributed by atoms with Crippen molar-refractivity contribution in [1.82, 2.24) is 5.16 Å². The molecule has 0 radical (unpaired) electrons. The molecule has 4 N–H and O–H groups in total. The van der Waals surface area contributed by atoms with E-state index in [-0.39, 0.29) is 5.84 Å². The Kier molecular flexibility index (Phi) is 3.39. The summed E-state index contributed by atoms with van der Waals surface area (Å²) in [5.74, 6) is 5.88. The maximum absolute atomic E-state index is 5.59. The van der Waals surface area contributed by atoms with E-state index in [0.717, 1.165) is 11.1 Å². The predicted molar refractivity (Wildman–Crippen MR) is 82.3 cm³/mol. The minimum Gasteiger partial charge on any atom is -0.380 e. The number of nitrogens with two attached hydrogens (primary N) is 2. The van der Waals surface area contributed by atoms with Crippen LogP contribution in [-0.4, -0.2) is 11.0 Å². The van der Waals surface area contributed by atoms with Gasteiger partial charge in [-0.3, -0.25) is 0 Å². The van der Waals surface area contributed by atoms with E-state index in [4.69, 9.17) is 16.1 Å². The second kappa shape index (κ2) is 5.50. The Balaban J connectivity index is 1.89. The highest BCUT2D eigenvalue weighted by atomic mass is 16.5. The SMILES string of the molecule is NN=C(N)c1cc(-c2ccc(-c3ccccc3)cc2)on1. The molecule has 0 atom stereocenters. The van der Waals surface area contributed by atoms with Gasteiger partial charge in [0.25, 0.3) is 0 Å². The van der Waals surface area contributed by atoms with Crippen LogP contribution in [-0.2, 0) is 0 Å². The first kappa shape index (κ1) is 12.9. The van der Waals surface area contributed by atoms with Crippen LogP contribution >= 0.6 is 0 Å². The Hall–Kier alpha value is -3.08. The summed E-state index contributed by atoms with van der Waals surface area (Å²) < 4.78 is 5.25. The van der Waals surface area contributed by atoms with E-state index in [2.05, 4.69) is 22.4 Å². The third-order valence-corrected chi connectivity index (χ3v) is 3.19. The summed E-state index contributed by atoms with van der Waals surface area (Å²) in [7, 11) is 0. The highest BCUT2D eigenvalue weighted by Crippen LogP contribution is 2.25. The number of rotatable bonds is 3. The van der Waals surface area contributed by atoms with Gasteiger partial charge in [0.1, 0.15) is 0 Å². The lowest BCUT2D eigenvalue weighted by Crippen LogP contribution is -2.15. The van der Waals surface area contributed by atoms with E-state index in [0.29, 0.717) is 11.5 Å². The zero-order chi connectivity index (χ0) is 14.7. The molecule has 0 bridgehead atoms. The molecule has 0 aliphatic heterocycles. The lowest BCUT2D eigenvalue weighted by molar-refractivity contribution is 0.430. The van der Waals surface area contributed by atoms with Crippen LogP contribution in [0.4, 0.5) is 0 Å². The largest absolute Gasteiger partial charge is 0.380 e. The van der Waals surface area contributed by atoms with Crippen molar-refractivity contribution >= 4 is 5.84 Å². The monoisotopic (exact) mass is 278 g/mol. The van der Waals surface area contributed by atoms with Gasteiger partial charge in [0.2, 0.25) is 0 Å². The normalized spacial score (nSPS) is 11.5. The molecule has 5 nitrogen and oxygen atoms in total. The van der Waals surface area contributed by atoms with Crippen LogP contribution in [0, 0.1) is 0 Å². The number of aromatic nitrogens is 1. The van der Waals surface area contributed by atoms with Crippen LogP contribution in [0.25, 0.3) is 22.5 Å². The molecule has 0 aliphatic rings. The van der Waals surface area contributed by atoms with Gasteiger partial charge in [-0.15, -0.1) is 0 Å². The smallest absolute Gasteiger partial charge is 0.172 e. The third kappa shape index (κ3) is 2.62.